The highest BCUT2D eigenvalue weighted by molar-refractivity contribution is 5.88. The van der Waals surface area contributed by atoms with Gasteiger partial charge in [0.05, 0.1) is 19.4 Å². The number of hydrogen-bond donors (Lipinski definition) is 1. The molecule has 0 atom stereocenters. The van der Waals surface area contributed by atoms with Crippen LogP contribution in [0.2, 0.25) is 0 Å². The highest BCUT2D eigenvalue weighted by Gasteiger charge is 2.34. The number of hydrogen-bond acceptors (Lipinski definition) is 8. The van der Waals surface area contributed by atoms with Gasteiger partial charge in [0.2, 0.25) is 5.91 Å². The summed E-state index contributed by atoms with van der Waals surface area (Å²) in [6.07, 6.45) is 6.26. The largest absolute Gasteiger partial charge is 0.442 e. The lowest BCUT2D eigenvalue weighted by molar-refractivity contribution is -0.136. The summed E-state index contributed by atoms with van der Waals surface area (Å²) in [5.74, 6) is 1.40. The van der Waals surface area contributed by atoms with Crippen molar-refractivity contribution >= 4 is 29.0 Å². The van der Waals surface area contributed by atoms with Crippen molar-refractivity contribution in [1.82, 2.24) is 34.2 Å². The van der Waals surface area contributed by atoms with Gasteiger partial charge >= 0.3 is 6.09 Å². The number of aryl methyl sites for hydroxylation is 1. The Morgan fingerprint density at radius 2 is 1.91 bits per heavy atom. The number of amides is 2. The van der Waals surface area contributed by atoms with E-state index < -0.39 is 0 Å². The molecule has 2 aliphatic heterocycles. The fourth-order valence-corrected chi connectivity index (χ4v) is 4.28. The standard InChI is InChI=1S/C24H36N8O3/c1-16(2)32-15-25-21-22(26-17(3)27-23(21)32)28-18-8-11-30(12-9-18)24(34)35-19-13-31(14-19)20(33)7-6-10-29(4)5/h6-7,15-16,18-19H,8-14H2,1-5H3,(H,26,27,28)/b7-6+. The van der Waals surface area contributed by atoms with Gasteiger partial charge in [-0.05, 0) is 47.7 Å². The van der Waals surface area contributed by atoms with E-state index in [2.05, 4.69) is 34.1 Å². The van der Waals surface area contributed by atoms with Gasteiger partial charge in [-0.3, -0.25) is 4.79 Å². The summed E-state index contributed by atoms with van der Waals surface area (Å²) in [5, 5.41) is 3.52. The number of ether oxygens (including phenoxy) is 1. The zero-order valence-corrected chi connectivity index (χ0v) is 21.3. The number of imidazole rings is 1. The lowest BCUT2D eigenvalue weighted by atomic mass is 10.1. The lowest BCUT2D eigenvalue weighted by Gasteiger charge is -2.39. The van der Waals surface area contributed by atoms with Crippen LogP contribution in [0.1, 0.15) is 38.6 Å². The molecule has 2 saturated heterocycles. The van der Waals surface area contributed by atoms with Gasteiger partial charge in [0.1, 0.15) is 17.4 Å². The fraction of sp³-hybridized carbons (Fsp3) is 0.625. The van der Waals surface area contributed by atoms with Gasteiger partial charge in [-0.2, -0.15) is 0 Å². The number of nitrogens with zero attached hydrogens (tertiary/aromatic N) is 7. The first-order chi connectivity index (χ1) is 16.7. The highest BCUT2D eigenvalue weighted by atomic mass is 16.6. The number of anilines is 1. The summed E-state index contributed by atoms with van der Waals surface area (Å²) in [4.78, 5) is 43.8. The van der Waals surface area contributed by atoms with Crippen LogP contribution in [0.15, 0.2) is 18.5 Å². The summed E-state index contributed by atoms with van der Waals surface area (Å²) in [7, 11) is 3.90. The highest BCUT2D eigenvalue weighted by Crippen LogP contribution is 2.24. The van der Waals surface area contributed by atoms with Crippen LogP contribution in [0.3, 0.4) is 0 Å². The van der Waals surface area contributed by atoms with Gasteiger partial charge in [-0.15, -0.1) is 0 Å². The topological polar surface area (TPSA) is 109 Å². The normalized spacial score (nSPS) is 17.6. The molecule has 1 N–H and O–H groups in total. The van der Waals surface area contributed by atoms with E-state index in [-0.39, 0.29) is 30.2 Å². The summed E-state index contributed by atoms with van der Waals surface area (Å²) in [5.41, 5.74) is 1.60. The molecule has 0 aromatic carbocycles. The number of piperidine rings is 1. The molecule has 35 heavy (non-hydrogen) atoms. The third kappa shape index (κ3) is 5.90. The smallest absolute Gasteiger partial charge is 0.410 e. The molecular weight excluding hydrogens is 448 g/mol. The Morgan fingerprint density at radius 3 is 2.57 bits per heavy atom. The van der Waals surface area contributed by atoms with Gasteiger partial charge in [0.25, 0.3) is 0 Å². The average molecular weight is 485 g/mol. The Labute approximate surface area is 206 Å². The van der Waals surface area contributed by atoms with E-state index in [1.165, 1.54) is 0 Å². The van der Waals surface area contributed by atoms with Crippen LogP contribution >= 0.6 is 0 Å². The van der Waals surface area contributed by atoms with E-state index in [0.717, 1.165) is 29.8 Å². The van der Waals surface area contributed by atoms with Crippen molar-refractivity contribution in [3.05, 3.63) is 24.3 Å². The van der Waals surface area contributed by atoms with Crippen LogP contribution in [-0.2, 0) is 9.53 Å². The van der Waals surface area contributed by atoms with Gasteiger partial charge in [-0.1, -0.05) is 6.08 Å². The van der Waals surface area contributed by atoms with E-state index in [1.807, 2.05) is 42.9 Å². The molecule has 2 aromatic heterocycles. The summed E-state index contributed by atoms with van der Waals surface area (Å²) in [6.45, 7) is 8.90. The van der Waals surface area contributed by atoms with Gasteiger partial charge < -0.3 is 29.3 Å². The zero-order chi connectivity index (χ0) is 25.1. The van der Waals surface area contributed by atoms with E-state index in [9.17, 15) is 9.59 Å². The summed E-state index contributed by atoms with van der Waals surface area (Å²) >= 11 is 0. The SMILES string of the molecule is Cc1nc(NC2CCN(C(=O)OC3CN(C(=O)/C=C/CN(C)C)C3)CC2)c2ncn(C(C)C)c2n1. The van der Waals surface area contributed by atoms with Crippen LogP contribution in [0.4, 0.5) is 10.6 Å². The summed E-state index contributed by atoms with van der Waals surface area (Å²) < 4.78 is 7.65. The Bertz CT molecular complexity index is 1080. The Balaban J connectivity index is 1.24. The molecule has 190 valence electrons. The third-order valence-corrected chi connectivity index (χ3v) is 6.34. The first kappa shape index (κ1) is 24.9. The molecule has 0 radical (unpaired) electrons. The number of carbonyl (C=O) groups is 2. The van der Waals surface area contributed by atoms with Crippen LogP contribution < -0.4 is 5.32 Å². The quantitative estimate of drug-likeness (QED) is 0.595. The number of likely N-dealkylation sites (N-methyl/N-ethyl adjacent to an activating group) is 1. The molecule has 4 rings (SSSR count). The molecule has 11 heteroatoms. The maximum Gasteiger partial charge on any atom is 0.410 e. The molecule has 2 aromatic rings. The molecule has 4 heterocycles. The number of aromatic nitrogens is 4. The molecular formula is C24H36N8O3. The molecule has 0 bridgehead atoms. The van der Waals surface area contributed by atoms with Crippen molar-refractivity contribution in [3.63, 3.8) is 0 Å². The van der Waals surface area contributed by atoms with Crippen molar-refractivity contribution in [1.29, 1.82) is 0 Å². The van der Waals surface area contributed by atoms with Crippen LogP contribution in [-0.4, -0.2) is 105 Å². The van der Waals surface area contributed by atoms with Crippen LogP contribution in [0, 0.1) is 6.92 Å². The molecule has 0 saturated carbocycles. The first-order valence-electron chi connectivity index (χ1n) is 12.2. The Hall–Kier alpha value is -3.21. The predicted octanol–water partition coefficient (Wildman–Crippen LogP) is 2.06. The second-order valence-corrected chi connectivity index (χ2v) is 9.86. The number of fused-ring (bicyclic) bond motifs is 1. The van der Waals surface area contributed by atoms with E-state index >= 15 is 0 Å². The minimum atomic E-state index is -0.306. The predicted molar refractivity (Wildman–Crippen MR) is 133 cm³/mol. The molecule has 2 aliphatic rings. The molecule has 0 unspecified atom stereocenters. The van der Waals surface area contributed by atoms with Crippen LogP contribution in [0.25, 0.3) is 11.2 Å². The Kier molecular flexibility index (Phi) is 7.54. The van der Waals surface area contributed by atoms with E-state index in [1.54, 1.807) is 15.9 Å². The summed E-state index contributed by atoms with van der Waals surface area (Å²) in [6, 6.07) is 0.448. The molecule has 2 fully saturated rings. The monoisotopic (exact) mass is 484 g/mol. The molecule has 0 spiro atoms. The van der Waals surface area contributed by atoms with Gasteiger partial charge in [-0.25, -0.2) is 19.7 Å². The Morgan fingerprint density at radius 1 is 1.20 bits per heavy atom. The van der Waals surface area contributed by atoms with E-state index in [0.29, 0.717) is 38.5 Å². The molecule has 2 amide bonds. The first-order valence-corrected chi connectivity index (χ1v) is 12.2. The van der Waals surface area contributed by atoms with Crippen LogP contribution in [0.5, 0.6) is 0 Å². The number of rotatable bonds is 7. The third-order valence-electron chi connectivity index (χ3n) is 6.34. The second kappa shape index (κ2) is 10.6. The second-order valence-electron chi connectivity index (χ2n) is 9.86. The molecule has 11 nitrogen and oxygen atoms in total. The lowest BCUT2D eigenvalue weighted by Crippen LogP contribution is -2.56. The van der Waals surface area contributed by atoms with Crippen molar-refractivity contribution in [2.75, 3.05) is 52.1 Å². The van der Waals surface area contributed by atoms with Crippen molar-refractivity contribution in [3.8, 4) is 0 Å². The average Bonchev–Trinajstić information content (AvgIpc) is 3.20. The van der Waals surface area contributed by atoms with Gasteiger partial charge in [0.15, 0.2) is 11.5 Å². The molecule has 0 aliphatic carbocycles. The van der Waals surface area contributed by atoms with E-state index in [4.69, 9.17) is 4.74 Å². The van der Waals surface area contributed by atoms with Crippen molar-refractivity contribution in [2.24, 2.45) is 0 Å². The zero-order valence-electron chi connectivity index (χ0n) is 21.3. The maximum atomic E-state index is 12.6. The number of likely N-dealkylation sites (tertiary alicyclic amines) is 2. The minimum absolute atomic E-state index is 0.0432. The maximum absolute atomic E-state index is 12.6. The van der Waals surface area contributed by atoms with Crippen molar-refractivity contribution in [2.45, 2.75) is 51.8 Å². The number of carbonyl (C=O) groups excluding carboxylic acids is 2. The van der Waals surface area contributed by atoms with Crippen molar-refractivity contribution < 1.29 is 14.3 Å². The number of nitrogens with one attached hydrogen (secondary N) is 1. The minimum Gasteiger partial charge on any atom is -0.442 e. The van der Waals surface area contributed by atoms with Gasteiger partial charge in [0, 0.05) is 37.8 Å². The fourth-order valence-electron chi connectivity index (χ4n) is 4.28.